The second kappa shape index (κ2) is 6.37. The van der Waals surface area contributed by atoms with Gasteiger partial charge in [-0.25, -0.2) is 9.69 Å². The molecule has 128 valence electrons. The Balaban J connectivity index is 1.87. The van der Waals surface area contributed by atoms with Crippen molar-refractivity contribution in [2.45, 2.75) is 39.0 Å². The van der Waals surface area contributed by atoms with Crippen LogP contribution < -0.4 is 4.90 Å². The van der Waals surface area contributed by atoms with Crippen molar-refractivity contribution in [1.82, 2.24) is 4.90 Å². The number of carbonyl (C=O) groups excluding carboxylic acids is 3. The molecule has 1 saturated carbocycles. The molecule has 1 heterocycles. The predicted octanol–water partition coefficient (Wildman–Crippen LogP) is 4.26. The number of benzene rings is 1. The molecular formula is C17H18Cl2N2O3. The summed E-state index contributed by atoms with van der Waals surface area (Å²) in [4.78, 5) is 39.9. The van der Waals surface area contributed by atoms with Crippen LogP contribution in [0.15, 0.2) is 18.2 Å². The molecule has 0 unspecified atom stereocenters. The van der Waals surface area contributed by atoms with Gasteiger partial charge in [0.1, 0.15) is 6.54 Å². The van der Waals surface area contributed by atoms with E-state index in [9.17, 15) is 14.4 Å². The lowest BCUT2D eigenvalue weighted by atomic mass is 9.75. The van der Waals surface area contributed by atoms with Gasteiger partial charge < -0.3 is 0 Å². The van der Waals surface area contributed by atoms with E-state index < -0.39 is 17.4 Å². The maximum absolute atomic E-state index is 12.9. The molecule has 0 atom stereocenters. The zero-order valence-electron chi connectivity index (χ0n) is 13.3. The maximum atomic E-state index is 12.9. The summed E-state index contributed by atoms with van der Waals surface area (Å²) in [6.07, 6.45) is 4.51. The molecule has 1 aliphatic heterocycles. The summed E-state index contributed by atoms with van der Waals surface area (Å²) < 4.78 is 0. The number of imide groups is 2. The molecule has 1 aliphatic carbocycles. The quantitative estimate of drug-likeness (QED) is 0.732. The number of nitrogens with zero attached hydrogens (tertiary/aromatic N) is 2. The highest BCUT2D eigenvalue weighted by Crippen LogP contribution is 2.39. The van der Waals surface area contributed by atoms with Gasteiger partial charge in [0.2, 0.25) is 5.91 Å². The van der Waals surface area contributed by atoms with Crippen LogP contribution in [-0.2, 0) is 9.59 Å². The van der Waals surface area contributed by atoms with Gasteiger partial charge in [-0.15, -0.1) is 0 Å². The summed E-state index contributed by atoms with van der Waals surface area (Å²) in [6, 6.07) is 3.86. The fourth-order valence-electron chi connectivity index (χ4n) is 3.45. The summed E-state index contributed by atoms with van der Waals surface area (Å²) in [5.74, 6) is -0.720. The number of hydrogen-bond acceptors (Lipinski definition) is 3. The zero-order chi connectivity index (χ0) is 17.5. The molecule has 0 spiro atoms. The lowest BCUT2D eigenvalue weighted by Crippen LogP contribution is -2.45. The largest absolute Gasteiger partial charge is 0.338 e. The Labute approximate surface area is 150 Å². The van der Waals surface area contributed by atoms with Gasteiger partial charge in [-0.1, -0.05) is 49.4 Å². The number of hydrogen-bond donors (Lipinski definition) is 0. The Hall–Kier alpha value is -1.59. The second-order valence-electron chi connectivity index (χ2n) is 6.65. The summed E-state index contributed by atoms with van der Waals surface area (Å²) in [5.41, 5.74) is -0.289. The van der Waals surface area contributed by atoms with Crippen LogP contribution in [-0.4, -0.2) is 29.3 Å². The highest BCUT2D eigenvalue weighted by Gasteiger charge is 2.47. The molecule has 0 N–H and O–H groups in total. The summed E-state index contributed by atoms with van der Waals surface area (Å²) in [5, 5.41) is 0.643. The lowest BCUT2D eigenvalue weighted by Gasteiger charge is -2.34. The molecule has 1 aromatic carbocycles. The van der Waals surface area contributed by atoms with Crippen LogP contribution in [0.25, 0.3) is 0 Å². The highest BCUT2D eigenvalue weighted by atomic mass is 35.5. The van der Waals surface area contributed by atoms with Crippen LogP contribution >= 0.6 is 23.2 Å². The Morgan fingerprint density at radius 2 is 1.62 bits per heavy atom. The Morgan fingerprint density at radius 1 is 1.04 bits per heavy atom. The van der Waals surface area contributed by atoms with E-state index in [4.69, 9.17) is 23.2 Å². The van der Waals surface area contributed by atoms with E-state index in [1.54, 1.807) is 0 Å². The summed E-state index contributed by atoms with van der Waals surface area (Å²) in [7, 11) is 0. The molecule has 5 nitrogen and oxygen atoms in total. The number of carbonyl (C=O) groups is 3. The Bertz CT molecular complexity index is 694. The number of anilines is 1. The summed E-state index contributed by atoms with van der Waals surface area (Å²) in [6.45, 7) is 1.64. The Morgan fingerprint density at radius 3 is 2.21 bits per heavy atom. The molecule has 4 amide bonds. The van der Waals surface area contributed by atoms with Gasteiger partial charge in [0, 0.05) is 15.5 Å². The van der Waals surface area contributed by atoms with E-state index in [0.29, 0.717) is 10.0 Å². The number of halogens is 2. The van der Waals surface area contributed by atoms with E-state index in [1.807, 2.05) is 6.92 Å². The van der Waals surface area contributed by atoms with Gasteiger partial charge in [0.15, 0.2) is 0 Å². The normalized spacial score (nSPS) is 20.6. The highest BCUT2D eigenvalue weighted by molar-refractivity contribution is 6.35. The summed E-state index contributed by atoms with van der Waals surface area (Å²) >= 11 is 11.9. The third-order valence-electron chi connectivity index (χ3n) is 4.79. The molecule has 3 rings (SSSR count). The smallest absolute Gasteiger partial charge is 0.274 e. The second-order valence-corrected chi connectivity index (χ2v) is 7.52. The van der Waals surface area contributed by atoms with Gasteiger partial charge >= 0.3 is 6.03 Å². The third kappa shape index (κ3) is 3.03. The van der Waals surface area contributed by atoms with Gasteiger partial charge in [-0.05, 0) is 31.0 Å². The molecule has 24 heavy (non-hydrogen) atoms. The molecule has 2 fully saturated rings. The van der Waals surface area contributed by atoms with Crippen molar-refractivity contribution in [1.29, 1.82) is 0 Å². The SMILES string of the molecule is CC1(C(=O)N2CC(=O)N(c3cc(Cl)cc(Cl)c3)C2=O)CCCCC1. The van der Waals surface area contributed by atoms with Crippen molar-refractivity contribution in [3.63, 3.8) is 0 Å². The van der Waals surface area contributed by atoms with Crippen molar-refractivity contribution in [2.24, 2.45) is 5.41 Å². The fraction of sp³-hybridized carbons (Fsp3) is 0.471. The number of urea groups is 1. The van der Waals surface area contributed by atoms with E-state index in [1.165, 1.54) is 18.2 Å². The van der Waals surface area contributed by atoms with Crippen molar-refractivity contribution in [3.05, 3.63) is 28.2 Å². The van der Waals surface area contributed by atoms with E-state index >= 15 is 0 Å². The molecule has 1 aromatic rings. The maximum Gasteiger partial charge on any atom is 0.338 e. The van der Waals surface area contributed by atoms with Crippen molar-refractivity contribution >= 4 is 46.7 Å². The van der Waals surface area contributed by atoms with Crippen LogP contribution in [0.4, 0.5) is 10.5 Å². The fourth-order valence-corrected chi connectivity index (χ4v) is 3.97. The third-order valence-corrected chi connectivity index (χ3v) is 5.23. The molecular weight excluding hydrogens is 351 g/mol. The minimum atomic E-state index is -0.630. The van der Waals surface area contributed by atoms with Crippen LogP contribution in [0.2, 0.25) is 10.0 Å². The van der Waals surface area contributed by atoms with Crippen LogP contribution in [0.3, 0.4) is 0 Å². The van der Waals surface area contributed by atoms with E-state index in [2.05, 4.69) is 0 Å². The standard InChI is InChI=1S/C17H18Cl2N2O3/c1-17(5-3-2-4-6-17)15(23)20-10-14(22)21(16(20)24)13-8-11(18)7-12(19)9-13/h7-9H,2-6,10H2,1H3. The van der Waals surface area contributed by atoms with Gasteiger partial charge in [0.05, 0.1) is 5.69 Å². The van der Waals surface area contributed by atoms with Crippen LogP contribution in [0.1, 0.15) is 39.0 Å². The van der Waals surface area contributed by atoms with Gasteiger partial charge in [-0.3, -0.25) is 14.5 Å². The minimum absolute atomic E-state index is 0.239. The first kappa shape index (κ1) is 17.2. The van der Waals surface area contributed by atoms with Crippen molar-refractivity contribution in [3.8, 4) is 0 Å². The topological polar surface area (TPSA) is 57.7 Å². The first-order valence-electron chi connectivity index (χ1n) is 7.97. The number of rotatable bonds is 2. The monoisotopic (exact) mass is 368 g/mol. The molecule has 0 radical (unpaired) electrons. The van der Waals surface area contributed by atoms with Crippen LogP contribution in [0.5, 0.6) is 0 Å². The predicted molar refractivity (Wildman–Crippen MR) is 92.2 cm³/mol. The number of amides is 4. The van der Waals surface area contributed by atoms with Gasteiger partial charge in [-0.2, -0.15) is 0 Å². The molecule has 0 aromatic heterocycles. The van der Waals surface area contributed by atoms with Gasteiger partial charge in [0.25, 0.3) is 5.91 Å². The molecule has 2 aliphatic rings. The zero-order valence-corrected chi connectivity index (χ0v) is 14.9. The minimum Gasteiger partial charge on any atom is -0.274 e. The van der Waals surface area contributed by atoms with E-state index in [0.717, 1.165) is 41.9 Å². The average molecular weight is 369 g/mol. The first-order valence-corrected chi connectivity index (χ1v) is 8.72. The molecule has 0 bridgehead atoms. The Kier molecular flexibility index (Phi) is 4.58. The van der Waals surface area contributed by atoms with Crippen LogP contribution in [0, 0.1) is 5.41 Å². The first-order chi connectivity index (χ1) is 11.3. The van der Waals surface area contributed by atoms with Crippen molar-refractivity contribution in [2.75, 3.05) is 11.4 Å². The van der Waals surface area contributed by atoms with E-state index in [-0.39, 0.29) is 18.1 Å². The molecule has 1 saturated heterocycles. The molecule has 7 heteroatoms. The lowest BCUT2D eigenvalue weighted by molar-refractivity contribution is -0.140. The average Bonchev–Trinajstić information content (AvgIpc) is 2.81. The van der Waals surface area contributed by atoms with Crippen molar-refractivity contribution < 1.29 is 14.4 Å².